The lowest BCUT2D eigenvalue weighted by molar-refractivity contribution is -0.167. The van der Waals surface area contributed by atoms with Crippen LogP contribution in [0.25, 0.3) is 0 Å². The predicted octanol–water partition coefficient (Wildman–Crippen LogP) is 19.9. The van der Waals surface area contributed by atoms with E-state index in [2.05, 4.69) is 20.8 Å². The zero-order chi connectivity index (χ0) is 47.9. The van der Waals surface area contributed by atoms with Crippen LogP contribution in [0.15, 0.2) is 0 Å². The third kappa shape index (κ3) is 53.4. The van der Waals surface area contributed by atoms with Crippen molar-refractivity contribution in [1.82, 2.24) is 0 Å². The van der Waals surface area contributed by atoms with Crippen LogP contribution in [-0.2, 0) is 28.6 Å². The van der Waals surface area contributed by atoms with Gasteiger partial charge in [0.15, 0.2) is 6.10 Å². The molecule has 6 heteroatoms. The van der Waals surface area contributed by atoms with Crippen molar-refractivity contribution in [3.63, 3.8) is 0 Å². The summed E-state index contributed by atoms with van der Waals surface area (Å²) in [5, 5.41) is 0. The average molecular weight is 934 g/mol. The van der Waals surface area contributed by atoms with E-state index >= 15 is 0 Å². The highest BCUT2D eigenvalue weighted by atomic mass is 16.6. The molecule has 0 aliphatic heterocycles. The monoisotopic (exact) mass is 933 g/mol. The lowest BCUT2D eigenvalue weighted by Crippen LogP contribution is -2.30. The summed E-state index contributed by atoms with van der Waals surface area (Å²) in [6.45, 7) is 6.65. The van der Waals surface area contributed by atoms with Crippen molar-refractivity contribution in [2.75, 3.05) is 13.2 Å². The molecule has 0 saturated carbocycles. The van der Waals surface area contributed by atoms with E-state index in [1.54, 1.807) is 0 Å². The van der Waals surface area contributed by atoms with E-state index in [1.807, 2.05) is 0 Å². The quantitative estimate of drug-likeness (QED) is 0.0343. The summed E-state index contributed by atoms with van der Waals surface area (Å²) < 4.78 is 16.8. The Morgan fingerprint density at radius 2 is 0.409 bits per heavy atom. The van der Waals surface area contributed by atoms with E-state index in [4.69, 9.17) is 14.2 Å². The number of hydrogen-bond donors (Lipinski definition) is 0. The van der Waals surface area contributed by atoms with Crippen molar-refractivity contribution in [3.05, 3.63) is 0 Å². The topological polar surface area (TPSA) is 78.9 Å². The fraction of sp³-hybridized carbons (Fsp3) is 0.950. The van der Waals surface area contributed by atoms with Crippen LogP contribution >= 0.6 is 0 Å². The minimum atomic E-state index is -0.759. The Labute approximate surface area is 412 Å². The van der Waals surface area contributed by atoms with Gasteiger partial charge in [0.05, 0.1) is 0 Å². The fourth-order valence-corrected chi connectivity index (χ4v) is 9.33. The van der Waals surface area contributed by atoms with Crippen LogP contribution in [0.3, 0.4) is 0 Å². The van der Waals surface area contributed by atoms with Gasteiger partial charge in [-0.3, -0.25) is 14.4 Å². The molecular formula is C60H116O6. The molecule has 1 atom stereocenters. The molecule has 0 N–H and O–H groups in total. The van der Waals surface area contributed by atoms with Gasteiger partial charge < -0.3 is 14.2 Å². The number of carbonyl (C=O) groups is 3. The van der Waals surface area contributed by atoms with E-state index in [0.717, 1.165) is 57.8 Å². The van der Waals surface area contributed by atoms with Crippen molar-refractivity contribution in [2.24, 2.45) is 0 Å². The summed E-state index contributed by atoms with van der Waals surface area (Å²) in [4.78, 5) is 37.9. The van der Waals surface area contributed by atoms with Crippen LogP contribution in [0.2, 0.25) is 0 Å². The first-order valence-electron chi connectivity index (χ1n) is 30.0. The maximum atomic E-state index is 12.8. The number of ether oxygens (including phenoxy) is 3. The first-order valence-corrected chi connectivity index (χ1v) is 30.0. The number of esters is 3. The average Bonchev–Trinajstić information content (AvgIpc) is 3.31. The number of carbonyl (C=O) groups excluding carboxylic acids is 3. The zero-order valence-corrected chi connectivity index (χ0v) is 45.0. The van der Waals surface area contributed by atoms with Gasteiger partial charge in [-0.15, -0.1) is 0 Å². The molecule has 0 heterocycles. The summed E-state index contributed by atoms with van der Waals surface area (Å²) in [5.41, 5.74) is 0. The molecule has 0 aromatic carbocycles. The van der Waals surface area contributed by atoms with Crippen LogP contribution in [0.5, 0.6) is 0 Å². The smallest absolute Gasteiger partial charge is 0.306 e. The van der Waals surface area contributed by atoms with Crippen LogP contribution in [0.1, 0.15) is 348 Å². The van der Waals surface area contributed by atoms with Gasteiger partial charge in [0.1, 0.15) is 13.2 Å². The van der Waals surface area contributed by atoms with E-state index in [1.165, 1.54) is 250 Å². The van der Waals surface area contributed by atoms with Gasteiger partial charge in [-0.05, 0) is 19.3 Å². The molecule has 0 aromatic rings. The molecule has 0 bridgehead atoms. The highest BCUT2D eigenvalue weighted by Crippen LogP contribution is 2.18. The van der Waals surface area contributed by atoms with Crippen LogP contribution in [0, 0.1) is 0 Å². The molecule has 0 aliphatic carbocycles. The van der Waals surface area contributed by atoms with E-state index in [9.17, 15) is 14.4 Å². The van der Waals surface area contributed by atoms with Crippen LogP contribution in [0.4, 0.5) is 0 Å². The van der Waals surface area contributed by atoms with Crippen LogP contribution in [-0.4, -0.2) is 37.2 Å². The predicted molar refractivity (Wildman–Crippen MR) is 284 cm³/mol. The molecule has 0 spiro atoms. The first kappa shape index (κ1) is 64.4. The lowest BCUT2D eigenvalue weighted by Gasteiger charge is -2.18. The Bertz CT molecular complexity index is 982. The molecule has 0 rings (SSSR count). The normalized spacial score (nSPS) is 11.9. The molecule has 6 nitrogen and oxygen atoms in total. The highest BCUT2D eigenvalue weighted by molar-refractivity contribution is 5.71. The summed E-state index contributed by atoms with van der Waals surface area (Å²) >= 11 is 0. The summed E-state index contributed by atoms with van der Waals surface area (Å²) in [6.07, 6.45) is 62.9. The number of hydrogen-bond acceptors (Lipinski definition) is 6. The first-order chi connectivity index (χ1) is 32.5. The Kier molecular flexibility index (Phi) is 54.7. The molecule has 0 amide bonds. The summed E-state index contributed by atoms with van der Waals surface area (Å²) in [5.74, 6) is -0.847. The third-order valence-electron chi connectivity index (χ3n) is 13.9. The minimum Gasteiger partial charge on any atom is -0.462 e. The van der Waals surface area contributed by atoms with Crippen molar-refractivity contribution >= 4 is 17.9 Å². The zero-order valence-electron chi connectivity index (χ0n) is 45.0. The van der Waals surface area contributed by atoms with Crippen molar-refractivity contribution in [1.29, 1.82) is 0 Å². The largest absolute Gasteiger partial charge is 0.462 e. The molecule has 0 aliphatic rings. The fourth-order valence-electron chi connectivity index (χ4n) is 9.33. The number of unbranched alkanes of at least 4 members (excludes halogenated alkanes) is 45. The minimum absolute atomic E-state index is 0.0623. The van der Waals surface area contributed by atoms with E-state index < -0.39 is 6.10 Å². The van der Waals surface area contributed by atoms with Gasteiger partial charge in [-0.25, -0.2) is 0 Å². The van der Waals surface area contributed by atoms with Gasteiger partial charge >= 0.3 is 17.9 Å². The second-order valence-electron chi connectivity index (χ2n) is 20.6. The highest BCUT2D eigenvalue weighted by Gasteiger charge is 2.19. The molecule has 0 aromatic heterocycles. The lowest BCUT2D eigenvalue weighted by atomic mass is 10.0. The van der Waals surface area contributed by atoms with E-state index in [-0.39, 0.29) is 31.1 Å². The van der Waals surface area contributed by atoms with Gasteiger partial charge in [0.25, 0.3) is 0 Å². The van der Waals surface area contributed by atoms with E-state index in [0.29, 0.717) is 19.3 Å². The van der Waals surface area contributed by atoms with Crippen molar-refractivity contribution in [2.45, 2.75) is 354 Å². The molecule has 0 fully saturated rings. The maximum Gasteiger partial charge on any atom is 0.306 e. The second-order valence-corrected chi connectivity index (χ2v) is 20.6. The molecular weight excluding hydrogens is 817 g/mol. The molecule has 66 heavy (non-hydrogen) atoms. The van der Waals surface area contributed by atoms with Gasteiger partial charge in [0, 0.05) is 19.3 Å². The van der Waals surface area contributed by atoms with Gasteiger partial charge in [-0.2, -0.15) is 0 Å². The Hall–Kier alpha value is -1.59. The SMILES string of the molecule is CCCCCCCCCCCCCCCCCCCCCCCCCCCCCC(=O)OCC(COC(=O)CCCCCCCC)OC(=O)CCCCCCCCCCCCCCCCC. The third-order valence-corrected chi connectivity index (χ3v) is 13.9. The molecule has 1 unspecified atom stereocenters. The molecule has 0 saturated heterocycles. The molecule has 0 radical (unpaired) electrons. The maximum absolute atomic E-state index is 12.8. The van der Waals surface area contributed by atoms with Gasteiger partial charge in [-0.1, -0.05) is 310 Å². The number of rotatable bonds is 56. The standard InChI is InChI=1S/C60H116O6/c1-4-7-10-13-16-18-20-22-24-25-26-27-28-29-30-31-32-33-34-35-37-38-40-42-44-47-50-53-59(62)65-56-57(55-64-58(61)52-49-46-15-12-9-6-3)66-60(63)54-51-48-45-43-41-39-36-23-21-19-17-14-11-8-5-2/h57H,4-56H2,1-3H3. The second kappa shape index (κ2) is 56.0. The van der Waals surface area contributed by atoms with Crippen molar-refractivity contribution in [3.8, 4) is 0 Å². The summed E-state index contributed by atoms with van der Waals surface area (Å²) in [7, 11) is 0. The van der Waals surface area contributed by atoms with Crippen LogP contribution < -0.4 is 0 Å². The molecule has 392 valence electrons. The summed E-state index contributed by atoms with van der Waals surface area (Å²) in [6, 6.07) is 0. The Balaban J connectivity index is 3.97. The Morgan fingerprint density at radius 1 is 0.242 bits per heavy atom. The van der Waals surface area contributed by atoms with Gasteiger partial charge in [0.2, 0.25) is 0 Å². The van der Waals surface area contributed by atoms with Crippen molar-refractivity contribution < 1.29 is 28.6 Å². The Morgan fingerprint density at radius 3 is 0.606 bits per heavy atom.